The lowest BCUT2D eigenvalue weighted by molar-refractivity contribution is -0.115. The Labute approximate surface area is 162 Å². The summed E-state index contributed by atoms with van der Waals surface area (Å²) in [5.74, 6) is 1.94. The monoisotopic (exact) mass is 386 g/mol. The zero-order valence-corrected chi connectivity index (χ0v) is 16.5. The highest BCUT2D eigenvalue weighted by Gasteiger charge is 2.23. The standard InChI is InChI=1S/C19H22N4O3S/c1-12(2)23-17(16-6-5-11-26-16)21-22-19(23)27-13(3)18(24)20-14-7-9-15(25-4)10-8-14/h5-13H,1-4H3,(H,20,24). The lowest BCUT2D eigenvalue weighted by Crippen LogP contribution is -2.23. The van der Waals surface area contributed by atoms with Crippen molar-refractivity contribution >= 4 is 23.4 Å². The number of nitrogens with zero attached hydrogens (tertiary/aromatic N) is 3. The number of anilines is 1. The van der Waals surface area contributed by atoms with Crippen molar-refractivity contribution in [1.82, 2.24) is 14.8 Å². The molecule has 27 heavy (non-hydrogen) atoms. The molecular formula is C19H22N4O3S. The van der Waals surface area contributed by atoms with E-state index in [4.69, 9.17) is 9.15 Å². The molecule has 1 aromatic carbocycles. The summed E-state index contributed by atoms with van der Waals surface area (Å²) in [7, 11) is 1.61. The smallest absolute Gasteiger partial charge is 0.237 e. The fourth-order valence-electron chi connectivity index (χ4n) is 2.53. The van der Waals surface area contributed by atoms with E-state index in [2.05, 4.69) is 15.5 Å². The van der Waals surface area contributed by atoms with Gasteiger partial charge in [-0.25, -0.2) is 0 Å². The van der Waals surface area contributed by atoms with Crippen LogP contribution in [0.2, 0.25) is 0 Å². The lowest BCUT2D eigenvalue weighted by atomic mass is 10.3. The van der Waals surface area contributed by atoms with Gasteiger partial charge in [0.25, 0.3) is 0 Å². The van der Waals surface area contributed by atoms with Gasteiger partial charge < -0.3 is 14.5 Å². The van der Waals surface area contributed by atoms with E-state index in [9.17, 15) is 4.79 Å². The number of hydrogen-bond donors (Lipinski definition) is 1. The van der Waals surface area contributed by atoms with Crippen LogP contribution in [-0.2, 0) is 4.79 Å². The number of amides is 1. The fraction of sp³-hybridized carbons (Fsp3) is 0.316. The minimum atomic E-state index is -0.349. The molecule has 3 rings (SSSR count). The van der Waals surface area contributed by atoms with Gasteiger partial charge in [0.2, 0.25) is 11.7 Å². The van der Waals surface area contributed by atoms with Crippen LogP contribution in [0, 0.1) is 0 Å². The largest absolute Gasteiger partial charge is 0.497 e. The SMILES string of the molecule is COc1ccc(NC(=O)C(C)Sc2nnc(-c3ccco3)n2C(C)C)cc1. The van der Waals surface area contributed by atoms with Crippen LogP contribution in [0.5, 0.6) is 5.75 Å². The summed E-state index contributed by atoms with van der Waals surface area (Å²) in [6.07, 6.45) is 1.60. The highest BCUT2D eigenvalue weighted by molar-refractivity contribution is 8.00. The first kappa shape index (κ1) is 19.0. The number of rotatable bonds is 7. The summed E-state index contributed by atoms with van der Waals surface area (Å²) in [4.78, 5) is 12.5. The van der Waals surface area contributed by atoms with E-state index in [1.165, 1.54) is 11.8 Å². The molecule has 0 bridgehead atoms. The number of nitrogens with one attached hydrogen (secondary N) is 1. The molecule has 8 heteroatoms. The van der Waals surface area contributed by atoms with Crippen molar-refractivity contribution < 1.29 is 13.9 Å². The molecule has 1 unspecified atom stereocenters. The Morgan fingerprint density at radius 3 is 2.52 bits per heavy atom. The third-order valence-electron chi connectivity index (χ3n) is 3.93. The summed E-state index contributed by atoms with van der Waals surface area (Å²) in [6, 6.07) is 11.0. The van der Waals surface area contributed by atoms with Crippen molar-refractivity contribution in [2.45, 2.75) is 37.2 Å². The average molecular weight is 386 g/mol. The van der Waals surface area contributed by atoms with Gasteiger partial charge in [-0.15, -0.1) is 10.2 Å². The van der Waals surface area contributed by atoms with E-state index < -0.39 is 0 Å². The molecule has 1 atom stereocenters. The van der Waals surface area contributed by atoms with Crippen molar-refractivity contribution in [1.29, 1.82) is 0 Å². The highest BCUT2D eigenvalue weighted by atomic mass is 32.2. The third-order valence-corrected chi connectivity index (χ3v) is 4.99. The molecule has 0 saturated heterocycles. The molecule has 1 amide bonds. The maximum Gasteiger partial charge on any atom is 0.237 e. The second-order valence-corrected chi connectivity index (χ2v) is 7.53. The molecule has 1 N–H and O–H groups in total. The molecule has 0 aliphatic carbocycles. The van der Waals surface area contributed by atoms with Crippen LogP contribution in [0.25, 0.3) is 11.6 Å². The number of thioether (sulfide) groups is 1. The van der Waals surface area contributed by atoms with Gasteiger partial charge in [0, 0.05) is 11.7 Å². The summed E-state index contributed by atoms with van der Waals surface area (Å²) < 4.78 is 12.6. The molecule has 0 saturated carbocycles. The highest BCUT2D eigenvalue weighted by Crippen LogP contribution is 2.30. The van der Waals surface area contributed by atoms with Crippen molar-refractivity contribution in [3.05, 3.63) is 42.7 Å². The van der Waals surface area contributed by atoms with Crippen molar-refractivity contribution in [2.75, 3.05) is 12.4 Å². The molecule has 0 fully saturated rings. The Kier molecular flexibility index (Phi) is 5.85. The Balaban J connectivity index is 1.73. The Hall–Kier alpha value is -2.74. The number of benzene rings is 1. The van der Waals surface area contributed by atoms with Crippen LogP contribution in [0.15, 0.2) is 52.2 Å². The summed E-state index contributed by atoms with van der Waals surface area (Å²) in [5, 5.41) is 11.7. The van der Waals surface area contributed by atoms with Gasteiger partial charge in [0.15, 0.2) is 10.9 Å². The molecule has 142 valence electrons. The van der Waals surface area contributed by atoms with E-state index >= 15 is 0 Å². The molecule has 2 aromatic heterocycles. The second-order valence-electron chi connectivity index (χ2n) is 6.23. The van der Waals surface area contributed by atoms with Gasteiger partial charge >= 0.3 is 0 Å². The minimum absolute atomic E-state index is 0.108. The normalized spacial score (nSPS) is 12.2. The predicted molar refractivity (Wildman–Crippen MR) is 105 cm³/mol. The molecule has 0 radical (unpaired) electrons. The third kappa shape index (κ3) is 4.33. The van der Waals surface area contributed by atoms with E-state index in [1.54, 1.807) is 37.6 Å². The Bertz CT molecular complexity index is 888. The van der Waals surface area contributed by atoms with Gasteiger partial charge in [-0.1, -0.05) is 11.8 Å². The van der Waals surface area contributed by atoms with Gasteiger partial charge in [-0.2, -0.15) is 0 Å². The van der Waals surface area contributed by atoms with Crippen molar-refractivity contribution in [3.63, 3.8) is 0 Å². The average Bonchev–Trinajstić information content (AvgIpc) is 3.31. The van der Waals surface area contributed by atoms with Crippen LogP contribution < -0.4 is 10.1 Å². The fourth-order valence-corrected chi connectivity index (χ4v) is 3.51. The number of methoxy groups -OCH3 is 1. The van der Waals surface area contributed by atoms with Crippen LogP contribution >= 0.6 is 11.8 Å². The number of aromatic nitrogens is 3. The van der Waals surface area contributed by atoms with Crippen LogP contribution in [0.1, 0.15) is 26.8 Å². The van der Waals surface area contributed by atoms with Crippen molar-refractivity contribution in [3.8, 4) is 17.3 Å². The molecular weight excluding hydrogens is 364 g/mol. The Morgan fingerprint density at radius 2 is 1.93 bits per heavy atom. The van der Waals surface area contributed by atoms with Gasteiger partial charge in [-0.05, 0) is 57.2 Å². The number of ether oxygens (including phenoxy) is 1. The maximum atomic E-state index is 12.5. The topological polar surface area (TPSA) is 82.2 Å². The van der Waals surface area contributed by atoms with E-state index in [-0.39, 0.29) is 17.2 Å². The molecule has 2 heterocycles. The summed E-state index contributed by atoms with van der Waals surface area (Å²) in [6.45, 7) is 5.93. The quantitative estimate of drug-likeness (QED) is 0.612. The number of hydrogen-bond acceptors (Lipinski definition) is 6. The van der Waals surface area contributed by atoms with Crippen LogP contribution in [-0.4, -0.2) is 33.0 Å². The van der Waals surface area contributed by atoms with Gasteiger partial charge in [-0.3, -0.25) is 9.36 Å². The first-order valence-electron chi connectivity index (χ1n) is 8.60. The van der Waals surface area contributed by atoms with Gasteiger partial charge in [0.1, 0.15) is 5.75 Å². The van der Waals surface area contributed by atoms with Crippen molar-refractivity contribution in [2.24, 2.45) is 0 Å². The molecule has 0 aliphatic heterocycles. The minimum Gasteiger partial charge on any atom is -0.497 e. The number of carbonyl (C=O) groups is 1. The molecule has 3 aromatic rings. The second kappa shape index (κ2) is 8.30. The van der Waals surface area contributed by atoms with E-state index in [0.29, 0.717) is 16.7 Å². The number of carbonyl (C=O) groups excluding carboxylic acids is 1. The molecule has 0 aliphatic rings. The predicted octanol–water partition coefficient (Wildman–Crippen LogP) is 4.25. The van der Waals surface area contributed by atoms with Gasteiger partial charge in [0.05, 0.1) is 18.6 Å². The van der Waals surface area contributed by atoms with E-state index in [0.717, 1.165) is 11.4 Å². The van der Waals surface area contributed by atoms with Crippen LogP contribution in [0.3, 0.4) is 0 Å². The van der Waals surface area contributed by atoms with Crippen LogP contribution in [0.4, 0.5) is 5.69 Å². The molecule has 7 nitrogen and oxygen atoms in total. The number of furan rings is 1. The summed E-state index contributed by atoms with van der Waals surface area (Å²) >= 11 is 1.36. The first-order chi connectivity index (χ1) is 13.0. The Morgan fingerprint density at radius 1 is 1.19 bits per heavy atom. The zero-order valence-electron chi connectivity index (χ0n) is 15.7. The first-order valence-corrected chi connectivity index (χ1v) is 9.48. The molecule has 0 spiro atoms. The zero-order chi connectivity index (χ0) is 19.4. The maximum absolute atomic E-state index is 12.5. The van der Waals surface area contributed by atoms with E-state index in [1.807, 2.05) is 37.5 Å². The lowest BCUT2D eigenvalue weighted by Gasteiger charge is -2.15. The summed E-state index contributed by atoms with van der Waals surface area (Å²) in [5.41, 5.74) is 0.717.